The minimum Gasteiger partial charge on any atom is -0.388 e. The Hall–Kier alpha value is -2.18. The third kappa shape index (κ3) is 4.68. The van der Waals surface area contributed by atoms with Crippen molar-refractivity contribution in [1.82, 2.24) is 10.3 Å². The van der Waals surface area contributed by atoms with Gasteiger partial charge in [0, 0.05) is 13.1 Å². The Balaban J connectivity index is 1.78. The average Bonchev–Trinajstić information content (AvgIpc) is 3.02. The predicted molar refractivity (Wildman–Crippen MR) is 89.2 cm³/mol. The molecule has 1 atom stereocenters. The van der Waals surface area contributed by atoms with Gasteiger partial charge in [-0.15, -0.1) is 6.58 Å². The van der Waals surface area contributed by atoms with Crippen molar-refractivity contribution in [3.63, 3.8) is 0 Å². The van der Waals surface area contributed by atoms with Crippen LogP contribution in [0.15, 0.2) is 49.2 Å². The van der Waals surface area contributed by atoms with E-state index in [1.807, 2.05) is 30.3 Å². The van der Waals surface area contributed by atoms with Crippen LogP contribution in [-0.4, -0.2) is 29.1 Å². The van der Waals surface area contributed by atoms with Gasteiger partial charge in [-0.2, -0.15) is 0 Å². The molecule has 1 aromatic carbocycles. The van der Waals surface area contributed by atoms with E-state index in [1.165, 1.54) is 11.3 Å². The lowest BCUT2D eigenvalue weighted by atomic mass is 10.1. The highest BCUT2D eigenvalue weighted by Crippen LogP contribution is 2.18. The number of aliphatic hydroxyl groups excluding tert-OH is 1. The second-order valence-electron chi connectivity index (χ2n) is 4.67. The highest BCUT2D eigenvalue weighted by Gasteiger charge is 2.11. The largest absolute Gasteiger partial charge is 0.388 e. The molecular weight excluding hydrogens is 298 g/mol. The van der Waals surface area contributed by atoms with Crippen LogP contribution in [0.25, 0.3) is 0 Å². The zero-order valence-corrected chi connectivity index (χ0v) is 13.0. The van der Waals surface area contributed by atoms with Crippen molar-refractivity contribution < 1.29 is 9.90 Å². The summed E-state index contributed by atoms with van der Waals surface area (Å²) >= 11 is 1.29. The maximum absolute atomic E-state index is 12.0. The van der Waals surface area contributed by atoms with Gasteiger partial charge in [-0.05, 0) is 12.0 Å². The van der Waals surface area contributed by atoms with E-state index in [1.54, 1.807) is 12.3 Å². The Labute approximate surface area is 133 Å². The molecule has 1 unspecified atom stereocenters. The summed E-state index contributed by atoms with van der Waals surface area (Å²) in [7, 11) is 0. The number of aromatic nitrogens is 1. The summed E-state index contributed by atoms with van der Waals surface area (Å²) < 4.78 is 0. The van der Waals surface area contributed by atoms with E-state index in [0.717, 1.165) is 5.56 Å². The molecule has 0 aliphatic carbocycles. The summed E-state index contributed by atoms with van der Waals surface area (Å²) in [5, 5.41) is 16.5. The molecule has 22 heavy (non-hydrogen) atoms. The van der Waals surface area contributed by atoms with Crippen molar-refractivity contribution in [2.75, 3.05) is 18.4 Å². The summed E-state index contributed by atoms with van der Waals surface area (Å²) in [5.41, 5.74) is 0.852. The molecule has 1 aromatic heterocycles. The molecule has 0 fully saturated rings. The van der Waals surface area contributed by atoms with Crippen LogP contribution < -0.4 is 10.6 Å². The summed E-state index contributed by atoms with van der Waals surface area (Å²) in [4.78, 5) is 16.6. The standard InChI is InChI=1S/C16H19N3O2S/c1-2-9-18-16-19-11-14(22-16)15(21)17-10-8-13(20)12-6-4-3-5-7-12/h2-7,11,13,20H,1,8-10H2,(H,17,21)(H,18,19). The maximum atomic E-state index is 12.0. The lowest BCUT2D eigenvalue weighted by molar-refractivity contribution is 0.0946. The first-order valence-corrected chi connectivity index (χ1v) is 7.84. The lowest BCUT2D eigenvalue weighted by Crippen LogP contribution is -2.24. The van der Waals surface area contributed by atoms with E-state index >= 15 is 0 Å². The predicted octanol–water partition coefficient (Wildman–Crippen LogP) is 2.59. The minimum atomic E-state index is -0.576. The fourth-order valence-corrected chi connectivity index (χ4v) is 2.61. The van der Waals surface area contributed by atoms with E-state index in [0.29, 0.717) is 29.5 Å². The second-order valence-corrected chi connectivity index (χ2v) is 5.70. The van der Waals surface area contributed by atoms with Crippen molar-refractivity contribution >= 4 is 22.4 Å². The van der Waals surface area contributed by atoms with E-state index < -0.39 is 6.10 Å². The Kier molecular flexibility index (Phi) is 6.12. The number of hydrogen-bond acceptors (Lipinski definition) is 5. The number of thiazole rings is 1. The van der Waals surface area contributed by atoms with Crippen LogP contribution in [0.3, 0.4) is 0 Å². The Morgan fingerprint density at radius 2 is 2.18 bits per heavy atom. The molecule has 0 saturated carbocycles. The quantitative estimate of drug-likeness (QED) is 0.654. The third-order valence-corrected chi connectivity index (χ3v) is 3.97. The van der Waals surface area contributed by atoms with Gasteiger partial charge in [-0.3, -0.25) is 4.79 Å². The number of anilines is 1. The summed E-state index contributed by atoms with van der Waals surface area (Å²) in [6.07, 6.45) is 3.16. The number of nitrogens with zero attached hydrogens (tertiary/aromatic N) is 1. The van der Waals surface area contributed by atoms with Crippen LogP contribution >= 0.6 is 11.3 Å². The first kappa shape index (κ1) is 16.2. The molecular formula is C16H19N3O2S. The third-order valence-electron chi connectivity index (χ3n) is 3.01. The number of amides is 1. The van der Waals surface area contributed by atoms with E-state index in [-0.39, 0.29) is 5.91 Å². The van der Waals surface area contributed by atoms with Gasteiger partial charge in [0.15, 0.2) is 5.13 Å². The zero-order valence-electron chi connectivity index (χ0n) is 12.2. The van der Waals surface area contributed by atoms with Crippen molar-refractivity contribution in [1.29, 1.82) is 0 Å². The number of hydrogen-bond donors (Lipinski definition) is 3. The SMILES string of the molecule is C=CCNc1ncc(C(=O)NCCC(O)c2ccccc2)s1. The number of aliphatic hydroxyl groups is 1. The number of benzene rings is 1. The van der Waals surface area contributed by atoms with Crippen molar-refractivity contribution in [3.8, 4) is 0 Å². The molecule has 0 aliphatic rings. The Morgan fingerprint density at radius 1 is 1.41 bits per heavy atom. The van der Waals surface area contributed by atoms with Crippen molar-refractivity contribution in [2.45, 2.75) is 12.5 Å². The first-order chi connectivity index (χ1) is 10.7. The molecule has 3 N–H and O–H groups in total. The van der Waals surface area contributed by atoms with Crippen LogP contribution in [0.1, 0.15) is 27.8 Å². The van der Waals surface area contributed by atoms with Gasteiger partial charge in [0.1, 0.15) is 4.88 Å². The van der Waals surface area contributed by atoms with Crippen molar-refractivity contribution in [3.05, 3.63) is 59.6 Å². The van der Waals surface area contributed by atoms with Gasteiger partial charge in [0.05, 0.1) is 12.3 Å². The molecule has 0 aliphatic heterocycles. The molecule has 0 bridgehead atoms. The maximum Gasteiger partial charge on any atom is 0.263 e. The number of carbonyl (C=O) groups is 1. The highest BCUT2D eigenvalue weighted by atomic mass is 32.1. The van der Waals surface area contributed by atoms with Gasteiger partial charge < -0.3 is 15.7 Å². The second kappa shape index (κ2) is 8.31. The first-order valence-electron chi connectivity index (χ1n) is 7.02. The van der Waals surface area contributed by atoms with Crippen LogP contribution in [-0.2, 0) is 0 Å². The van der Waals surface area contributed by atoms with Crippen LogP contribution in [0, 0.1) is 0 Å². The fourth-order valence-electron chi connectivity index (χ4n) is 1.87. The molecule has 0 saturated heterocycles. The Bertz CT molecular complexity index is 613. The number of nitrogens with one attached hydrogen (secondary N) is 2. The van der Waals surface area contributed by atoms with Gasteiger partial charge in [0.25, 0.3) is 5.91 Å². The highest BCUT2D eigenvalue weighted by molar-refractivity contribution is 7.17. The Morgan fingerprint density at radius 3 is 2.91 bits per heavy atom. The average molecular weight is 317 g/mol. The lowest BCUT2D eigenvalue weighted by Gasteiger charge is -2.11. The molecule has 1 amide bonds. The topological polar surface area (TPSA) is 74.2 Å². The minimum absolute atomic E-state index is 0.176. The van der Waals surface area contributed by atoms with Gasteiger partial charge in [-0.1, -0.05) is 47.7 Å². The molecule has 0 spiro atoms. The summed E-state index contributed by atoms with van der Waals surface area (Å²) in [6, 6.07) is 9.40. The van der Waals surface area contributed by atoms with Gasteiger partial charge >= 0.3 is 0 Å². The van der Waals surface area contributed by atoms with Crippen molar-refractivity contribution in [2.24, 2.45) is 0 Å². The monoisotopic (exact) mass is 317 g/mol. The number of rotatable bonds is 8. The van der Waals surface area contributed by atoms with E-state index in [2.05, 4.69) is 22.2 Å². The van der Waals surface area contributed by atoms with Gasteiger partial charge in [0.2, 0.25) is 0 Å². The molecule has 1 heterocycles. The normalized spacial score (nSPS) is 11.7. The summed E-state index contributed by atoms with van der Waals surface area (Å²) in [6.45, 7) is 4.62. The molecule has 6 heteroatoms. The molecule has 2 aromatic rings. The van der Waals surface area contributed by atoms with Crippen LogP contribution in [0.2, 0.25) is 0 Å². The summed E-state index contributed by atoms with van der Waals surface area (Å²) in [5.74, 6) is -0.176. The van der Waals surface area contributed by atoms with Gasteiger partial charge in [-0.25, -0.2) is 4.98 Å². The van der Waals surface area contributed by atoms with Crippen LogP contribution in [0.4, 0.5) is 5.13 Å². The molecule has 5 nitrogen and oxygen atoms in total. The molecule has 2 rings (SSSR count). The van der Waals surface area contributed by atoms with E-state index in [9.17, 15) is 9.90 Å². The van der Waals surface area contributed by atoms with Crippen LogP contribution in [0.5, 0.6) is 0 Å². The van der Waals surface area contributed by atoms with E-state index in [4.69, 9.17) is 0 Å². The number of carbonyl (C=O) groups excluding carboxylic acids is 1. The zero-order chi connectivity index (χ0) is 15.8. The molecule has 116 valence electrons. The fraction of sp³-hybridized carbons (Fsp3) is 0.250. The molecule has 0 radical (unpaired) electrons. The smallest absolute Gasteiger partial charge is 0.263 e.